The fraction of sp³-hybridized carbons (Fsp3) is 0.308. The number of nitriles is 1. The zero-order chi connectivity index (χ0) is 15.0. The van der Waals surface area contributed by atoms with Gasteiger partial charge in [0.05, 0.1) is 19.0 Å². The summed E-state index contributed by atoms with van der Waals surface area (Å²) in [5, 5.41) is 20.3. The van der Waals surface area contributed by atoms with E-state index >= 15 is 0 Å². The molecule has 0 unspecified atom stereocenters. The Hall–Kier alpha value is -2.26. The van der Waals surface area contributed by atoms with Crippen LogP contribution in [-0.2, 0) is 9.59 Å². The number of carboxylic acids is 1. The second-order valence-electron chi connectivity index (χ2n) is 3.99. The lowest BCUT2D eigenvalue weighted by atomic mass is 10.2. The fourth-order valence-electron chi connectivity index (χ4n) is 1.56. The summed E-state index contributed by atoms with van der Waals surface area (Å²) >= 11 is 5.85. The number of hydrogen-bond donors (Lipinski definition) is 2. The van der Waals surface area contributed by atoms with Crippen LogP contribution in [0.4, 0.5) is 5.69 Å². The highest BCUT2D eigenvalue weighted by Crippen LogP contribution is 2.19. The third kappa shape index (κ3) is 5.59. The molecule has 2 N–H and O–H groups in total. The van der Waals surface area contributed by atoms with Gasteiger partial charge in [0, 0.05) is 17.3 Å². The maximum Gasteiger partial charge on any atom is 0.323 e. The van der Waals surface area contributed by atoms with Gasteiger partial charge in [-0.1, -0.05) is 17.7 Å². The number of rotatable bonds is 7. The molecule has 106 valence electrons. The number of nitrogens with zero attached hydrogens (tertiary/aromatic N) is 2. The number of carbonyl (C=O) groups excluding carboxylic acids is 1. The molecular formula is C13H14ClN3O3. The Bertz CT molecular complexity index is 528. The highest BCUT2D eigenvalue weighted by molar-refractivity contribution is 6.30. The number of hydrogen-bond acceptors (Lipinski definition) is 4. The van der Waals surface area contributed by atoms with Crippen molar-refractivity contribution >= 4 is 29.2 Å². The number of amides is 1. The van der Waals surface area contributed by atoms with Crippen LogP contribution in [0.3, 0.4) is 0 Å². The van der Waals surface area contributed by atoms with Crippen LogP contribution < -0.4 is 10.2 Å². The minimum Gasteiger partial charge on any atom is -0.480 e. The van der Waals surface area contributed by atoms with Crippen molar-refractivity contribution in [2.24, 2.45) is 0 Å². The summed E-state index contributed by atoms with van der Waals surface area (Å²) in [4.78, 5) is 23.9. The van der Waals surface area contributed by atoms with Gasteiger partial charge in [-0.25, -0.2) is 0 Å². The topological polar surface area (TPSA) is 93.4 Å². The van der Waals surface area contributed by atoms with Crippen molar-refractivity contribution in [3.05, 3.63) is 29.3 Å². The van der Waals surface area contributed by atoms with Crippen molar-refractivity contribution in [1.82, 2.24) is 5.32 Å². The van der Waals surface area contributed by atoms with Gasteiger partial charge in [-0.05, 0) is 18.2 Å². The van der Waals surface area contributed by atoms with Crippen LogP contribution >= 0.6 is 11.6 Å². The lowest BCUT2D eigenvalue weighted by Crippen LogP contribution is -2.40. The first-order chi connectivity index (χ1) is 9.52. The maximum atomic E-state index is 11.7. The van der Waals surface area contributed by atoms with Crippen LogP contribution in [0, 0.1) is 11.3 Å². The molecule has 0 bridgehead atoms. The quantitative estimate of drug-likeness (QED) is 0.739. The molecule has 7 heteroatoms. The fourth-order valence-corrected chi connectivity index (χ4v) is 1.75. The first-order valence-electron chi connectivity index (χ1n) is 5.89. The molecule has 0 aliphatic carbocycles. The number of carbonyl (C=O) groups is 2. The molecule has 0 fully saturated rings. The molecule has 1 aromatic carbocycles. The summed E-state index contributed by atoms with van der Waals surface area (Å²) in [7, 11) is 0. The van der Waals surface area contributed by atoms with Crippen molar-refractivity contribution < 1.29 is 14.7 Å². The van der Waals surface area contributed by atoms with Crippen LogP contribution in [0.5, 0.6) is 0 Å². The van der Waals surface area contributed by atoms with Crippen molar-refractivity contribution in [3.8, 4) is 6.07 Å². The van der Waals surface area contributed by atoms with Crippen molar-refractivity contribution in [1.29, 1.82) is 5.26 Å². The Morgan fingerprint density at radius 1 is 1.40 bits per heavy atom. The van der Waals surface area contributed by atoms with E-state index in [4.69, 9.17) is 22.0 Å². The number of nitrogens with one attached hydrogen (secondary N) is 1. The van der Waals surface area contributed by atoms with Crippen LogP contribution in [0.15, 0.2) is 24.3 Å². The van der Waals surface area contributed by atoms with E-state index in [2.05, 4.69) is 5.32 Å². The summed E-state index contributed by atoms with van der Waals surface area (Å²) < 4.78 is 0. The Kier molecular flexibility index (Phi) is 6.33. The standard InChI is InChI=1S/C13H14ClN3O3/c14-10-3-1-4-11(7-10)17(9-13(19)20)8-12(18)16-6-2-5-15/h1,3-4,7H,2,6,8-9H2,(H,16,18)(H,19,20). The van der Waals surface area contributed by atoms with Gasteiger partial charge in [-0.2, -0.15) is 5.26 Å². The number of carboxylic acid groups (broad SMARTS) is 1. The second-order valence-corrected chi connectivity index (χ2v) is 4.42. The summed E-state index contributed by atoms with van der Waals surface area (Å²) in [5.74, 6) is -1.39. The lowest BCUT2D eigenvalue weighted by molar-refractivity contribution is -0.135. The lowest BCUT2D eigenvalue weighted by Gasteiger charge is -2.22. The van der Waals surface area contributed by atoms with Gasteiger partial charge in [0.25, 0.3) is 0 Å². The normalized spacial score (nSPS) is 9.60. The van der Waals surface area contributed by atoms with Gasteiger partial charge < -0.3 is 15.3 Å². The molecule has 6 nitrogen and oxygen atoms in total. The SMILES string of the molecule is N#CCCNC(=O)CN(CC(=O)O)c1cccc(Cl)c1. The van der Waals surface area contributed by atoms with E-state index in [1.807, 2.05) is 6.07 Å². The molecule has 0 aliphatic heterocycles. The van der Waals surface area contributed by atoms with Gasteiger partial charge in [0.1, 0.15) is 6.54 Å². The minimum atomic E-state index is -1.05. The maximum absolute atomic E-state index is 11.7. The van der Waals surface area contributed by atoms with Crippen LogP contribution in [0.1, 0.15) is 6.42 Å². The molecule has 0 heterocycles. The average Bonchev–Trinajstić information content (AvgIpc) is 2.38. The van der Waals surface area contributed by atoms with E-state index in [1.54, 1.807) is 24.3 Å². The highest BCUT2D eigenvalue weighted by Gasteiger charge is 2.14. The van der Waals surface area contributed by atoms with Crippen molar-refractivity contribution in [2.75, 3.05) is 24.5 Å². The molecule has 1 aromatic rings. The van der Waals surface area contributed by atoms with E-state index in [-0.39, 0.29) is 32.0 Å². The minimum absolute atomic E-state index is 0.113. The number of halogens is 1. The van der Waals surface area contributed by atoms with Gasteiger partial charge >= 0.3 is 5.97 Å². The number of benzene rings is 1. The van der Waals surface area contributed by atoms with Gasteiger partial charge in [-0.3, -0.25) is 9.59 Å². The first-order valence-corrected chi connectivity index (χ1v) is 6.26. The largest absolute Gasteiger partial charge is 0.480 e. The molecule has 0 radical (unpaired) electrons. The van der Waals surface area contributed by atoms with Gasteiger partial charge in [0.2, 0.25) is 5.91 Å². The first kappa shape index (κ1) is 15.8. The Morgan fingerprint density at radius 2 is 2.15 bits per heavy atom. The summed E-state index contributed by atoms with van der Waals surface area (Å²) in [6.45, 7) is -0.185. The second kappa shape index (κ2) is 8.02. The molecule has 0 aromatic heterocycles. The van der Waals surface area contributed by atoms with E-state index in [9.17, 15) is 9.59 Å². The van der Waals surface area contributed by atoms with E-state index in [0.29, 0.717) is 10.7 Å². The molecule has 0 atom stereocenters. The Morgan fingerprint density at radius 3 is 2.75 bits per heavy atom. The van der Waals surface area contributed by atoms with Gasteiger partial charge in [0.15, 0.2) is 0 Å². The summed E-state index contributed by atoms with van der Waals surface area (Å²) in [6.07, 6.45) is 0.210. The zero-order valence-electron chi connectivity index (χ0n) is 10.7. The highest BCUT2D eigenvalue weighted by atomic mass is 35.5. The van der Waals surface area contributed by atoms with Crippen LogP contribution in [0.25, 0.3) is 0 Å². The van der Waals surface area contributed by atoms with E-state index < -0.39 is 5.97 Å². The van der Waals surface area contributed by atoms with Crippen LogP contribution in [0.2, 0.25) is 5.02 Å². The zero-order valence-corrected chi connectivity index (χ0v) is 11.4. The molecule has 1 amide bonds. The molecule has 0 aliphatic rings. The van der Waals surface area contributed by atoms with E-state index in [1.165, 1.54) is 4.90 Å². The molecule has 0 saturated carbocycles. The number of aliphatic carboxylic acids is 1. The smallest absolute Gasteiger partial charge is 0.323 e. The predicted octanol–water partition coefficient (Wildman–Crippen LogP) is 1.26. The molecule has 0 spiro atoms. The molecular weight excluding hydrogens is 282 g/mol. The monoisotopic (exact) mass is 295 g/mol. The predicted molar refractivity (Wildman–Crippen MR) is 74.5 cm³/mol. The van der Waals surface area contributed by atoms with E-state index in [0.717, 1.165) is 0 Å². The van der Waals surface area contributed by atoms with Crippen LogP contribution in [-0.4, -0.2) is 36.6 Å². The molecule has 1 rings (SSSR count). The molecule has 0 saturated heterocycles. The Labute approximate surface area is 121 Å². The third-order valence-electron chi connectivity index (χ3n) is 2.39. The summed E-state index contributed by atoms with van der Waals surface area (Å²) in [6, 6.07) is 8.52. The van der Waals surface area contributed by atoms with Gasteiger partial charge in [-0.15, -0.1) is 0 Å². The Balaban J connectivity index is 2.72. The summed E-state index contributed by atoms with van der Waals surface area (Å²) in [5.41, 5.74) is 0.551. The molecule has 20 heavy (non-hydrogen) atoms. The number of anilines is 1. The third-order valence-corrected chi connectivity index (χ3v) is 2.63. The van der Waals surface area contributed by atoms with Crippen molar-refractivity contribution in [3.63, 3.8) is 0 Å². The van der Waals surface area contributed by atoms with Crippen molar-refractivity contribution in [2.45, 2.75) is 6.42 Å². The average molecular weight is 296 g/mol.